The molecule has 14 heavy (non-hydrogen) atoms. The number of hydrogen-bond donors (Lipinski definition) is 1. The van der Waals surface area contributed by atoms with Crippen LogP contribution >= 0.6 is 11.8 Å². The van der Waals surface area contributed by atoms with E-state index in [0.717, 1.165) is 19.8 Å². The lowest BCUT2D eigenvalue weighted by atomic mass is 10.2. The highest BCUT2D eigenvalue weighted by Gasteiger charge is 2.15. The summed E-state index contributed by atoms with van der Waals surface area (Å²) in [6, 6.07) is 0.620. The van der Waals surface area contributed by atoms with Crippen LogP contribution in [0, 0.1) is 0 Å². The molecule has 0 bridgehead atoms. The summed E-state index contributed by atoms with van der Waals surface area (Å²) in [4.78, 5) is 2.55. The summed E-state index contributed by atoms with van der Waals surface area (Å²) in [6.07, 6.45) is 1.19. The second kappa shape index (κ2) is 5.95. The van der Waals surface area contributed by atoms with Crippen molar-refractivity contribution in [3.05, 3.63) is 0 Å². The molecule has 0 saturated carbocycles. The third-order valence-corrected chi connectivity index (χ3v) is 3.84. The van der Waals surface area contributed by atoms with Crippen molar-refractivity contribution >= 4 is 11.8 Å². The highest BCUT2D eigenvalue weighted by Crippen LogP contribution is 2.08. The molecule has 2 fully saturated rings. The molecule has 2 aliphatic rings. The topological polar surface area (TPSA) is 24.5 Å². The first kappa shape index (κ1) is 10.7. The molecule has 3 nitrogen and oxygen atoms in total. The number of thioether (sulfide) groups is 1. The lowest BCUT2D eigenvalue weighted by molar-refractivity contribution is 0.189. The van der Waals surface area contributed by atoms with Crippen LogP contribution in [-0.4, -0.2) is 61.8 Å². The van der Waals surface area contributed by atoms with E-state index >= 15 is 0 Å². The van der Waals surface area contributed by atoms with Crippen LogP contribution in [0.3, 0.4) is 0 Å². The Morgan fingerprint density at radius 1 is 1.36 bits per heavy atom. The van der Waals surface area contributed by atoms with Crippen LogP contribution in [-0.2, 0) is 4.74 Å². The molecule has 0 aromatic carbocycles. The highest BCUT2D eigenvalue weighted by molar-refractivity contribution is 7.99. The molecule has 82 valence electrons. The van der Waals surface area contributed by atoms with Crippen molar-refractivity contribution in [3.8, 4) is 0 Å². The van der Waals surface area contributed by atoms with E-state index in [2.05, 4.69) is 22.0 Å². The first-order chi connectivity index (χ1) is 6.95. The zero-order valence-electron chi connectivity index (χ0n) is 8.71. The summed E-state index contributed by atoms with van der Waals surface area (Å²) in [5.41, 5.74) is 0. The fraction of sp³-hybridized carbons (Fsp3) is 1.00. The van der Waals surface area contributed by atoms with Gasteiger partial charge in [0.25, 0.3) is 0 Å². The van der Waals surface area contributed by atoms with Crippen molar-refractivity contribution in [1.82, 2.24) is 10.2 Å². The summed E-state index contributed by atoms with van der Waals surface area (Å²) < 4.78 is 5.32. The molecule has 4 heteroatoms. The fourth-order valence-corrected chi connectivity index (χ4v) is 2.93. The van der Waals surface area contributed by atoms with E-state index in [1.807, 2.05) is 0 Å². The van der Waals surface area contributed by atoms with Crippen molar-refractivity contribution in [2.75, 3.05) is 50.9 Å². The second-order valence-corrected chi connectivity index (χ2v) is 5.19. The molecular weight excluding hydrogens is 196 g/mol. The molecule has 1 N–H and O–H groups in total. The van der Waals surface area contributed by atoms with Gasteiger partial charge in [0.2, 0.25) is 0 Å². The van der Waals surface area contributed by atoms with Crippen LogP contribution in [0.4, 0.5) is 0 Å². The first-order valence-corrected chi connectivity index (χ1v) is 6.72. The van der Waals surface area contributed by atoms with E-state index in [1.165, 1.54) is 37.6 Å². The Morgan fingerprint density at radius 3 is 2.93 bits per heavy atom. The standard InChI is InChI=1S/C10H20N2OS/c1-6-13-9-10(1)11-2-3-12-4-7-14-8-5-12/h10-11H,1-9H2. The third kappa shape index (κ3) is 3.42. The maximum absolute atomic E-state index is 5.32. The zero-order chi connectivity index (χ0) is 9.64. The average Bonchev–Trinajstić information content (AvgIpc) is 2.72. The average molecular weight is 216 g/mol. The van der Waals surface area contributed by atoms with Gasteiger partial charge in [-0.1, -0.05) is 0 Å². The van der Waals surface area contributed by atoms with E-state index in [9.17, 15) is 0 Å². The largest absolute Gasteiger partial charge is 0.380 e. The van der Waals surface area contributed by atoms with Crippen LogP contribution in [0.25, 0.3) is 0 Å². The van der Waals surface area contributed by atoms with Gasteiger partial charge in [0.15, 0.2) is 0 Å². The minimum absolute atomic E-state index is 0.620. The van der Waals surface area contributed by atoms with Crippen LogP contribution in [0.15, 0.2) is 0 Å². The molecule has 1 unspecified atom stereocenters. The summed E-state index contributed by atoms with van der Waals surface area (Å²) in [7, 11) is 0. The summed E-state index contributed by atoms with van der Waals surface area (Å²) >= 11 is 2.08. The van der Waals surface area contributed by atoms with E-state index < -0.39 is 0 Å². The predicted octanol–water partition coefficient (Wildman–Crippen LogP) is 0.414. The molecule has 2 aliphatic heterocycles. The van der Waals surface area contributed by atoms with Gasteiger partial charge in [0.05, 0.1) is 6.61 Å². The zero-order valence-corrected chi connectivity index (χ0v) is 9.52. The first-order valence-electron chi connectivity index (χ1n) is 5.56. The molecule has 0 aromatic heterocycles. The molecule has 0 aromatic rings. The fourth-order valence-electron chi connectivity index (χ4n) is 1.95. The summed E-state index contributed by atoms with van der Waals surface area (Å²) in [5, 5.41) is 3.56. The van der Waals surface area contributed by atoms with Crippen molar-refractivity contribution in [2.24, 2.45) is 0 Å². The number of rotatable bonds is 4. The molecule has 1 atom stereocenters. The lowest BCUT2D eigenvalue weighted by Gasteiger charge is -2.26. The minimum atomic E-state index is 0.620. The SMILES string of the molecule is C(CN1CCSCC1)NC1CCOC1. The van der Waals surface area contributed by atoms with Gasteiger partial charge in [-0.2, -0.15) is 11.8 Å². The molecule has 0 radical (unpaired) electrons. The Balaban J connectivity index is 1.52. The smallest absolute Gasteiger partial charge is 0.0620 e. The summed E-state index contributed by atoms with van der Waals surface area (Å²) in [6.45, 7) is 6.73. The molecule has 0 amide bonds. The van der Waals surface area contributed by atoms with Gasteiger partial charge < -0.3 is 15.0 Å². The quantitative estimate of drug-likeness (QED) is 0.736. The minimum Gasteiger partial charge on any atom is -0.380 e. The normalized spacial score (nSPS) is 29.6. The third-order valence-electron chi connectivity index (χ3n) is 2.89. The van der Waals surface area contributed by atoms with Crippen LogP contribution in [0.1, 0.15) is 6.42 Å². The Morgan fingerprint density at radius 2 is 2.21 bits per heavy atom. The molecule has 2 rings (SSSR count). The monoisotopic (exact) mass is 216 g/mol. The van der Waals surface area contributed by atoms with Crippen molar-refractivity contribution in [3.63, 3.8) is 0 Å². The van der Waals surface area contributed by atoms with Gasteiger partial charge in [-0.25, -0.2) is 0 Å². The van der Waals surface area contributed by atoms with Gasteiger partial charge in [0.1, 0.15) is 0 Å². The van der Waals surface area contributed by atoms with Crippen molar-refractivity contribution in [2.45, 2.75) is 12.5 Å². The van der Waals surface area contributed by atoms with Gasteiger partial charge in [-0.05, 0) is 6.42 Å². The molecule has 2 saturated heterocycles. The Kier molecular flexibility index (Phi) is 4.57. The maximum Gasteiger partial charge on any atom is 0.0620 e. The molecule has 0 aliphatic carbocycles. The number of nitrogens with zero attached hydrogens (tertiary/aromatic N) is 1. The summed E-state index contributed by atoms with van der Waals surface area (Å²) in [5.74, 6) is 2.62. The Bertz CT molecular complexity index is 156. The van der Waals surface area contributed by atoms with Gasteiger partial charge >= 0.3 is 0 Å². The number of ether oxygens (including phenoxy) is 1. The van der Waals surface area contributed by atoms with Crippen LogP contribution < -0.4 is 5.32 Å². The van der Waals surface area contributed by atoms with Crippen molar-refractivity contribution in [1.29, 1.82) is 0 Å². The van der Waals surface area contributed by atoms with E-state index in [0.29, 0.717) is 6.04 Å². The maximum atomic E-state index is 5.32. The van der Waals surface area contributed by atoms with Crippen LogP contribution in [0.2, 0.25) is 0 Å². The molecule has 2 heterocycles. The Hall–Kier alpha value is 0.230. The van der Waals surface area contributed by atoms with E-state index in [-0.39, 0.29) is 0 Å². The molecular formula is C10H20N2OS. The van der Waals surface area contributed by atoms with Crippen LogP contribution in [0.5, 0.6) is 0 Å². The van der Waals surface area contributed by atoms with Gasteiger partial charge in [0, 0.05) is 50.3 Å². The lowest BCUT2D eigenvalue weighted by Crippen LogP contribution is -2.40. The Labute approximate surface area is 90.6 Å². The highest BCUT2D eigenvalue weighted by atomic mass is 32.2. The predicted molar refractivity (Wildman–Crippen MR) is 61.0 cm³/mol. The number of hydrogen-bond acceptors (Lipinski definition) is 4. The second-order valence-electron chi connectivity index (χ2n) is 3.97. The van der Waals surface area contributed by atoms with E-state index in [1.54, 1.807) is 0 Å². The van der Waals surface area contributed by atoms with Gasteiger partial charge in [-0.3, -0.25) is 0 Å². The number of nitrogens with one attached hydrogen (secondary N) is 1. The van der Waals surface area contributed by atoms with Crippen molar-refractivity contribution < 1.29 is 4.74 Å². The van der Waals surface area contributed by atoms with E-state index in [4.69, 9.17) is 4.74 Å². The molecule has 0 spiro atoms. The van der Waals surface area contributed by atoms with Gasteiger partial charge in [-0.15, -0.1) is 0 Å².